The molecule has 2 N–H and O–H groups in total. The summed E-state index contributed by atoms with van der Waals surface area (Å²) in [7, 11) is 0. The number of benzene rings is 3. The number of carbonyl (C=O) groups is 1. The number of fused-ring (bicyclic) bond motifs is 1. The molecule has 0 saturated carbocycles. The summed E-state index contributed by atoms with van der Waals surface area (Å²) in [5, 5.41) is 3.10. The topological polar surface area (TPSA) is 67.0 Å². The van der Waals surface area contributed by atoms with E-state index in [-0.39, 0.29) is 5.82 Å². The largest absolute Gasteiger partial charge is 0.417 e. The van der Waals surface area contributed by atoms with Crippen LogP contribution in [0.3, 0.4) is 0 Å². The van der Waals surface area contributed by atoms with E-state index in [4.69, 9.17) is 16.3 Å². The summed E-state index contributed by atoms with van der Waals surface area (Å²) in [6.45, 7) is 0. The smallest absolute Gasteiger partial charge is 0.410 e. The van der Waals surface area contributed by atoms with E-state index in [1.54, 1.807) is 60.7 Å². The molecule has 134 valence electrons. The van der Waals surface area contributed by atoms with Crippen LogP contribution in [0.4, 0.5) is 14.9 Å². The van der Waals surface area contributed by atoms with Gasteiger partial charge in [-0.15, -0.1) is 0 Å². The number of nitrogens with one attached hydrogen (secondary N) is 2. The molecule has 0 saturated heterocycles. The van der Waals surface area contributed by atoms with E-state index >= 15 is 0 Å². The Hall–Kier alpha value is -3.38. The molecule has 0 bridgehead atoms. The van der Waals surface area contributed by atoms with Crippen molar-refractivity contribution < 1.29 is 13.9 Å². The molecule has 7 heteroatoms. The molecule has 0 fully saturated rings. The van der Waals surface area contributed by atoms with Crippen LogP contribution < -0.4 is 10.1 Å². The quantitative estimate of drug-likeness (QED) is 0.483. The van der Waals surface area contributed by atoms with Gasteiger partial charge in [0, 0.05) is 16.8 Å². The van der Waals surface area contributed by atoms with E-state index in [0.717, 1.165) is 0 Å². The first-order chi connectivity index (χ1) is 13.1. The van der Waals surface area contributed by atoms with E-state index in [9.17, 15) is 9.18 Å². The molecule has 4 aromatic rings. The zero-order valence-electron chi connectivity index (χ0n) is 13.9. The third-order valence-corrected chi connectivity index (χ3v) is 4.10. The molecule has 5 nitrogen and oxygen atoms in total. The Morgan fingerprint density at radius 1 is 1.07 bits per heavy atom. The lowest BCUT2D eigenvalue weighted by atomic mass is 10.2. The summed E-state index contributed by atoms with van der Waals surface area (Å²) in [5.41, 5.74) is 2.16. The van der Waals surface area contributed by atoms with Crippen LogP contribution in [0.15, 0.2) is 66.7 Å². The SMILES string of the molecule is O=C(Nc1cccc(Cl)c1)Oc1ccc2nc(-c3ccccc3F)[nH]c2c1. The Morgan fingerprint density at radius 2 is 1.93 bits per heavy atom. The first-order valence-corrected chi connectivity index (χ1v) is 8.45. The molecule has 0 spiro atoms. The molecule has 0 atom stereocenters. The average Bonchev–Trinajstić information content (AvgIpc) is 3.05. The number of aromatic nitrogens is 2. The Balaban J connectivity index is 1.55. The number of aromatic amines is 1. The lowest BCUT2D eigenvalue weighted by molar-refractivity contribution is 0.215. The number of rotatable bonds is 3. The van der Waals surface area contributed by atoms with Crippen molar-refractivity contribution in [2.45, 2.75) is 0 Å². The van der Waals surface area contributed by atoms with Crippen LogP contribution in [-0.2, 0) is 0 Å². The number of halogens is 2. The highest BCUT2D eigenvalue weighted by Gasteiger charge is 2.11. The second-order valence-corrected chi connectivity index (χ2v) is 6.21. The minimum Gasteiger partial charge on any atom is -0.410 e. The summed E-state index contributed by atoms with van der Waals surface area (Å²) in [6.07, 6.45) is -0.648. The number of ether oxygens (including phenoxy) is 1. The van der Waals surface area contributed by atoms with Crippen molar-refractivity contribution in [3.05, 3.63) is 77.6 Å². The van der Waals surface area contributed by atoms with E-state index in [1.165, 1.54) is 6.07 Å². The first-order valence-electron chi connectivity index (χ1n) is 8.07. The van der Waals surface area contributed by atoms with Gasteiger partial charge >= 0.3 is 6.09 Å². The molecular formula is C20H13ClFN3O2. The number of nitrogens with zero attached hydrogens (tertiary/aromatic N) is 1. The molecule has 0 unspecified atom stereocenters. The number of hydrogen-bond acceptors (Lipinski definition) is 3. The summed E-state index contributed by atoms with van der Waals surface area (Å²) < 4.78 is 19.2. The molecule has 4 rings (SSSR count). The highest BCUT2D eigenvalue weighted by Crippen LogP contribution is 2.25. The van der Waals surface area contributed by atoms with E-state index in [2.05, 4.69) is 15.3 Å². The zero-order chi connectivity index (χ0) is 18.8. The Bertz CT molecular complexity index is 1140. The van der Waals surface area contributed by atoms with Gasteiger partial charge in [-0.25, -0.2) is 14.2 Å². The predicted molar refractivity (Wildman–Crippen MR) is 103 cm³/mol. The molecule has 27 heavy (non-hydrogen) atoms. The van der Waals surface area contributed by atoms with Crippen LogP contribution in [0.5, 0.6) is 5.75 Å². The maximum absolute atomic E-state index is 13.9. The Morgan fingerprint density at radius 3 is 2.74 bits per heavy atom. The van der Waals surface area contributed by atoms with Crippen LogP contribution in [0.1, 0.15) is 0 Å². The van der Waals surface area contributed by atoms with Crippen molar-refractivity contribution in [2.24, 2.45) is 0 Å². The van der Waals surface area contributed by atoms with Crippen LogP contribution in [0.2, 0.25) is 5.02 Å². The minimum absolute atomic E-state index is 0.325. The summed E-state index contributed by atoms with van der Waals surface area (Å²) in [4.78, 5) is 19.5. The number of H-pyrrole nitrogens is 1. The van der Waals surface area contributed by atoms with Gasteiger partial charge in [-0.2, -0.15) is 0 Å². The molecule has 0 radical (unpaired) electrons. The molecule has 0 aliphatic heterocycles. The normalized spacial score (nSPS) is 10.7. The zero-order valence-corrected chi connectivity index (χ0v) is 14.6. The van der Waals surface area contributed by atoms with Crippen LogP contribution in [0, 0.1) is 5.82 Å². The van der Waals surface area contributed by atoms with Gasteiger partial charge in [0.1, 0.15) is 17.4 Å². The minimum atomic E-state index is -0.648. The lowest BCUT2D eigenvalue weighted by Crippen LogP contribution is -2.16. The predicted octanol–water partition coefficient (Wildman–Crippen LogP) is 5.63. The molecule has 1 aromatic heterocycles. The van der Waals surface area contributed by atoms with Gasteiger partial charge in [-0.3, -0.25) is 5.32 Å². The monoisotopic (exact) mass is 381 g/mol. The van der Waals surface area contributed by atoms with Gasteiger partial charge in [0.2, 0.25) is 0 Å². The number of anilines is 1. The number of amides is 1. The number of carbonyl (C=O) groups excluding carboxylic acids is 1. The summed E-state index contributed by atoms with van der Waals surface area (Å²) in [5.74, 6) is 0.364. The Labute approximate surface area is 158 Å². The van der Waals surface area contributed by atoms with Crippen molar-refractivity contribution in [1.82, 2.24) is 9.97 Å². The van der Waals surface area contributed by atoms with E-state index < -0.39 is 6.09 Å². The van der Waals surface area contributed by atoms with Crippen LogP contribution in [-0.4, -0.2) is 16.1 Å². The van der Waals surface area contributed by atoms with Crippen LogP contribution in [0.25, 0.3) is 22.4 Å². The van der Waals surface area contributed by atoms with Gasteiger partial charge in [0.25, 0.3) is 0 Å². The second kappa shape index (κ2) is 7.09. The van der Waals surface area contributed by atoms with Gasteiger partial charge in [0.05, 0.1) is 16.6 Å². The highest BCUT2D eigenvalue weighted by atomic mass is 35.5. The third-order valence-electron chi connectivity index (χ3n) is 3.86. The van der Waals surface area contributed by atoms with Crippen molar-refractivity contribution in [3.8, 4) is 17.1 Å². The summed E-state index contributed by atoms with van der Waals surface area (Å²) in [6, 6.07) is 18.0. The maximum atomic E-state index is 13.9. The van der Waals surface area contributed by atoms with Crippen molar-refractivity contribution in [3.63, 3.8) is 0 Å². The Kier molecular flexibility index (Phi) is 4.48. The molecule has 1 heterocycles. The number of hydrogen-bond donors (Lipinski definition) is 2. The van der Waals surface area contributed by atoms with Gasteiger partial charge < -0.3 is 9.72 Å². The van der Waals surface area contributed by atoms with Crippen molar-refractivity contribution >= 4 is 34.4 Å². The molecule has 3 aromatic carbocycles. The van der Waals surface area contributed by atoms with E-state index in [1.807, 2.05) is 0 Å². The fourth-order valence-electron chi connectivity index (χ4n) is 2.65. The fourth-order valence-corrected chi connectivity index (χ4v) is 2.84. The van der Waals surface area contributed by atoms with Gasteiger partial charge in [-0.1, -0.05) is 29.8 Å². The molecule has 0 aliphatic rings. The standard InChI is InChI=1S/C20H13ClFN3O2/c21-12-4-3-5-13(10-12)23-20(26)27-14-8-9-17-18(11-14)25-19(24-17)15-6-1-2-7-16(15)22/h1-11H,(H,23,26)(H,24,25). The highest BCUT2D eigenvalue weighted by molar-refractivity contribution is 6.30. The second-order valence-electron chi connectivity index (χ2n) is 5.77. The van der Waals surface area contributed by atoms with Crippen molar-refractivity contribution in [2.75, 3.05) is 5.32 Å². The fraction of sp³-hybridized carbons (Fsp3) is 0. The van der Waals surface area contributed by atoms with Gasteiger partial charge in [0.15, 0.2) is 0 Å². The summed E-state index contributed by atoms with van der Waals surface area (Å²) >= 11 is 5.89. The van der Waals surface area contributed by atoms with Gasteiger partial charge in [-0.05, 0) is 42.5 Å². The third kappa shape index (κ3) is 3.75. The van der Waals surface area contributed by atoms with Crippen molar-refractivity contribution in [1.29, 1.82) is 0 Å². The lowest BCUT2D eigenvalue weighted by Gasteiger charge is -2.06. The molecule has 0 aliphatic carbocycles. The number of imidazole rings is 1. The maximum Gasteiger partial charge on any atom is 0.417 e. The molecule has 1 amide bonds. The van der Waals surface area contributed by atoms with E-state index in [0.29, 0.717) is 38.9 Å². The first kappa shape index (κ1) is 17.1. The average molecular weight is 382 g/mol. The molecular weight excluding hydrogens is 369 g/mol. The van der Waals surface area contributed by atoms with Crippen LogP contribution >= 0.6 is 11.6 Å².